The summed E-state index contributed by atoms with van der Waals surface area (Å²) in [6, 6.07) is 0. The third-order valence-electron chi connectivity index (χ3n) is 11.2. The van der Waals surface area contributed by atoms with Crippen molar-refractivity contribution in [3.8, 4) is 0 Å². The van der Waals surface area contributed by atoms with Crippen LogP contribution in [0.2, 0.25) is 0 Å². The fraction of sp³-hybridized carbons (Fsp3) is 0.619. The predicted octanol–water partition coefficient (Wildman–Crippen LogP) is 19.1. The van der Waals surface area contributed by atoms with Gasteiger partial charge in [0, 0.05) is 19.4 Å². The number of hydrogen-bond acceptors (Lipinski definition) is 5. The molecule has 1 unspecified atom stereocenters. The second-order valence-electron chi connectivity index (χ2n) is 17.7. The van der Waals surface area contributed by atoms with Crippen molar-refractivity contribution in [2.24, 2.45) is 0 Å². The molecule has 0 amide bonds. The van der Waals surface area contributed by atoms with Crippen LogP contribution in [0.4, 0.5) is 0 Å². The van der Waals surface area contributed by atoms with Crippen LogP contribution in [0, 0.1) is 0 Å². The van der Waals surface area contributed by atoms with Gasteiger partial charge in [0.05, 0.1) is 6.61 Å². The molecule has 0 radical (unpaired) electrons. The van der Waals surface area contributed by atoms with E-state index in [-0.39, 0.29) is 31.6 Å². The average Bonchev–Trinajstić information content (AvgIpc) is 3.34. The van der Waals surface area contributed by atoms with Crippen molar-refractivity contribution >= 4 is 11.9 Å². The summed E-state index contributed by atoms with van der Waals surface area (Å²) in [5, 5.41) is 0. The molecule has 68 heavy (non-hydrogen) atoms. The Morgan fingerprint density at radius 2 is 0.691 bits per heavy atom. The Hall–Kier alpha value is -3.96. The van der Waals surface area contributed by atoms with Gasteiger partial charge >= 0.3 is 11.9 Å². The lowest BCUT2D eigenvalue weighted by Gasteiger charge is -2.18. The minimum Gasteiger partial charge on any atom is -0.462 e. The van der Waals surface area contributed by atoms with E-state index in [1.165, 1.54) is 77.0 Å². The van der Waals surface area contributed by atoms with Crippen molar-refractivity contribution < 1.29 is 23.8 Å². The van der Waals surface area contributed by atoms with Gasteiger partial charge in [0.2, 0.25) is 0 Å². The highest BCUT2D eigenvalue weighted by molar-refractivity contribution is 5.70. The van der Waals surface area contributed by atoms with Crippen molar-refractivity contribution in [3.63, 3.8) is 0 Å². The number of unbranched alkanes of at least 4 members (excludes halogenated alkanes) is 16. The van der Waals surface area contributed by atoms with Gasteiger partial charge in [0.25, 0.3) is 0 Å². The molecule has 0 N–H and O–H groups in total. The fourth-order valence-corrected chi connectivity index (χ4v) is 7.11. The molecule has 0 rings (SSSR count). The number of carbonyl (C=O) groups excluding carboxylic acids is 2. The third kappa shape index (κ3) is 54.6. The first-order valence-electron chi connectivity index (χ1n) is 27.7. The zero-order chi connectivity index (χ0) is 49.2. The van der Waals surface area contributed by atoms with E-state index in [0.29, 0.717) is 19.4 Å². The van der Waals surface area contributed by atoms with Crippen LogP contribution in [0.25, 0.3) is 0 Å². The molecule has 0 aromatic rings. The van der Waals surface area contributed by atoms with Gasteiger partial charge in [0.1, 0.15) is 6.61 Å². The first kappa shape index (κ1) is 64.0. The van der Waals surface area contributed by atoms with Crippen LogP contribution in [0.3, 0.4) is 0 Å². The standard InChI is InChI=1S/C63H102O5/c1-4-7-10-13-16-19-22-25-27-29-31-33-35-37-40-43-46-49-52-55-58-66-59-61(68-63(65)57-54-51-48-45-42-38-24-21-18-15-12-9-6-3)60-67-62(64)56-53-50-47-44-41-39-36-34-32-30-28-26-23-20-17-14-11-8-5-2/h7,9-10,12,16-21,25-28,31-34,38,42,48,51,61H,4-6,8,11,13-15,22-24,29-30,35-37,39-41,43-47,49-50,52-60H2,1-3H3/b10-7-,12-9-,19-16-,20-17-,21-18-,27-25-,28-26-,33-31-,34-32-,42-38-,51-48-. The van der Waals surface area contributed by atoms with Crippen LogP contribution in [0.5, 0.6) is 0 Å². The monoisotopic (exact) mass is 939 g/mol. The van der Waals surface area contributed by atoms with Crippen LogP contribution in [0.1, 0.15) is 226 Å². The molecule has 0 aromatic carbocycles. The maximum absolute atomic E-state index is 12.8. The molecule has 0 fully saturated rings. The summed E-state index contributed by atoms with van der Waals surface area (Å²) >= 11 is 0. The van der Waals surface area contributed by atoms with Crippen LogP contribution in [-0.2, 0) is 23.8 Å². The second-order valence-corrected chi connectivity index (χ2v) is 17.7. The highest BCUT2D eigenvalue weighted by Gasteiger charge is 2.17. The molecule has 5 heteroatoms. The van der Waals surface area contributed by atoms with Gasteiger partial charge in [-0.2, -0.15) is 0 Å². The first-order valence-corrected chi connectivity index (χ1v) is 27.7. The van der Waals surface area contributed by atoms with E-state index in [2.05, 4.69) is 148 Å². The normalized spacial score (nSPS) is 13.3. The van der Waals surface area contributed by atoms with E-state index in [1.807, 2.05) is 6.08 Å². The highest BCUT2D eigenvalue weighted by atomic mass is 16.6. The number of hydrogen-bond donors (Lipinski definition) is 0. The van der Waals surface area contributed by atoms with Crippen molar-refractivity contribution in [2.75, 3.05) is 19.8 Å². The molecule has 0 saturated heterocycles. The van der Waals surface area contributed by atoms with Gasteiger partial charge in [-0.05, 0) is 122 Å². The maximum atomic E-state index is 12.8. The Morgan fingerprint density at radius 1 is 0.338 bits per heavy atom. The fourth-order valence-electron chi connectivity index (χ4n) is 7.11. The second kappa shape index (κ2) is 57.4. The third-order valence-corrected chi connectivity index (χ3v) is 11.2. The molecule has 1 atom stereocenters. The van der Waals surface area contributed by atoms with Crippen molar-refractivity contribution in [1.29, 1.82) is 0 Å². The Morgan fingerprint density at radius 3 is 1.12 bits per heavy atom. The molecule has 0 spiro atoms. The summed E-state index contributed by atoms with van der Waals surface area (Å²) in [4.78, 5) is 25.4. The molecule has 5 nitrogen and oxygen atoms in total. The molecule has 0 aliphatic rings. The smallest absolute Gasteiger partial charge is 0.306 e. The van der Waals surface area contributed by atoms with Gasteiger partial charge in [-0.25, -0.2) is 0 Å². The van der Waals surface area contributed by atoms with Crippen molar-refractivity contribution in [2.45, 2.75) is 232 Å². The topological polar surface area (TPSA) is 61.8 Å². The van der Waals surface area contributed by atoms with Gasteiger partial charge in [0.15, 0.2) is 6.10 Å². The summed E-state index contributed by atoms with van der Waals surface area (Å²) in [7, 11) is 0. The minimum atomic E-state index is -0.596. The van der Waals surface area contributed by atoms with Crippen LogP contribution >= 0.6 is 0 Å². The Balaban J connectivity index is 4.39. The largest absolute Gasteiger partial charge is 0.462 e. The van der Waals surface area contributed by atoms with E-state index in [1.54, 1.807) is 0 Å². The number of carbonyl (C=O) groups is 2. The molecule has 0 aliphatic carbocycles. The summed E-state index contributed by atoms with van der Waals surface area (Å²) < 4.78 is 17.4. The van der Waals surface area contributed by atoms with E-state index < -0.39 is 6.10 Å². The van der Waals surface area contributed by atoms with Crippen LogP contribution < -0.4 is 0 Å². The van der Waals surface area contributed by atoms with Crippen LogP contribution in [-0.4, -0.2) is 37.9 Å². The van der Waals surface area contributed by atoms with Crippen molar-refractivity contribution in [3.05, 3.63) is 134 Å². The lowest BCUT2D eigenvalue weighted by atomic mass is 10.1. The number of rotatable bonds is 49. The molecular formula is C63H102O5. The quantitative estimate of drug-likeness (QED) is 0.0345. The minimum absolute atomic E-state index is 0.0366. The Kier molecular flexibility index (Phi) is 54.0. The maximum Gasteiger partial charge on any atom is 0.306 e. The summed E-state index contributed by atoms with van der Waals surface area (Å²) in [5.41, 5.74) is 0. The molecule has 0 bridgehead atoms. The van der Waals surface area contributed by atoms with Crippen LogP contribution in [0.15, 0.2) is 134 Å². The highest BCUT2D eigenvalue weighted by Crippen LogP contribution is 2.12. The lowest BCUT2D eigenvalue weighted by molar-refractivity contribution is -0.162. The zero-order valence-corrected chi connectivity index (χ0v) is 44.1. The molecule has 0 saturated carbocycles. The average molecular weight is 940 g/mol. The first-order chi connectivity index (χ1) is 33.6. The summed E-state index contributed by atoms with van der Waals surface area (Å²) in [5.74, 6) is -0.519. The van der Waals surface area contributed by atoms with Gasteiger partial charge < -0.3 is 14.2 Å². The molecule has 0 aliphatic heterocycles. The summed E-state index contributed by atoms with van der Waals surface area (Å²) in [6.45, 7) is 7.44. The Bertz CT molecular complexity index is 1430. The van der Waals surface area contributed by atoms with Crippen molar-refractivity contribution in [1.82, 2.24) is 0 Å². The van der Waals surface area contributed by atoms with E-state index in [4.69, 9.17) is 14.2 Å². The van der Waals surface area contributed by atoms with E-state index in [0.717, 1.165) is 109 Å². The Labute approximate surface area is 419 Å². The van der Waals surface area contributed by atoms with E-state index >= 15 is 0 Å². The number of allylic oxidation sites excluding steroid dienone is 22. The summed E-state index contributed by atoms with van der Waals surface area (Å²) in [6.07, 6.45) is 82.0. The molecule has 384 valence electrons. The SMILES string of the molecule is CC/C=C\C/C=C\C/C=C\C/C=C\CCCCCCCCCOCC(COC(=O)CCCCCCCC/C=C\C/C=C\C/C=C\CCCCC)OC(=O)CC/C=C\C/C=C\C/C=C\C/C=C\CC. The van der Waals surface area contributed by atoms with E-state index in [9.17, 15) is 9.59 Å². The predicted molar refractivity (Wildman–Crippen MR) is 297 cm³/mol. The number of ether oxygens (including phenoxy) is 3. The number of esters is 2. The molecule has 0 aromatic heterocycles. The lowest BCUT2D eigenvalue weighted by Crippen LogP contribution is -2.30. The van der Waals surface area contributed by atoms with Gasteiger partial charge in [-0.1, -0.05) is 225 Å². The zero-order valence-electron chi connectivity index (χ0n) is 44.1. The molecule has 0 heterocycles. The van der Waals surface area contributed by atoms with Gasteiger partial charge in [-0.3, -0.25) is 9.59 Å². The van der Waals surface area contributed by atoms with Gasteiger partial charge in [-0.15, -0.1) is 0 Å². The molecular weight excluding hydrogens is 837 g/mol.